The second-order valence-electron chi connectivity index (χ2n) is 16.9. The number of unbranched alkanes of at least 4 members (excludes halogenated alkanes) is 2. The minimum atomic E-state index is 0.974. The first-order chi connectivity index (χ1) is 29.8. The van der Waals surface area contributed by atoms with Crippen LogP contribution in [0.25, 0.3) is 21.5 Å². The molecule has 3 heteroatoms. The van der Waals surface area contributed by atoms with Gasteiger partial charge in [0.05, 0.1) is 0 Å². The molecule has 308 valence electrons. The summed E-state index contributed by atoms with van der Waals surface area (Å²) in [5.41, 5.74) is 17.5. The van der Waals surface area contributed by atoms with Crippen molar-refractivity contribution in [1.82, 2.24) is 0 Å². The zero-order chi connectivity index (χ0) is 42.3. The Hall–Kier alpha value is -6.32. The van der Waals surface area contributed by atoms with E-state index in [4.69, 9.17) is 0 Å². The fourth-order valence-corrected chi connectivity index (χ4v) is 8.88. The molecule has 8 aromatic carbocycles. The second kappa shape index (κ2) is 18.9. The molecule has 1 N–H and O–H groups in total. The lowest BCUT2D eigenvalue weighted by molar-refractivity contribution is 0.795. The normalized spacial score (nSPS) is 11.3. The molecule has 0 aliphatic rings. The molecule has 0 saturated heterocycles. The van der Waals surface area contributed by atoms with Crippen LogP contribution in [0, 0.1) is 20.8 Å². The molecule has 0 aromatic heterocycles. The lowest BCUT2D eigenvalue weighted by Gasteiger charge is -2.28. The Morgan fingerprint density at radius 2 is 0.721 bits per heavy atom. The molecule has 0 bridgehead atoms. The molecular weight excluding hydrogens is 739 g/mol. The highest BCUT2D eigenvalue weighted by Gasteiger charge is 2.17. The van der Waals surface area contributed by atoms with E-state index in [1.807, 2.05) is 7.05 Å². The van der Waals surface area contributed by atoms with Gasteiger partial charge in [-0.1, -0.05) is 117 Å². The van der Waals surface area contributed by atoms with E-state index in [1.54, 1.807) is 0 Å². The van der Waals surface area contributed by atoms with Crippen LogP contribution in [0.4, 0.5) is 39.8 Å². The second-order valence-corrected chi connectivity index (χ2v) is 16.9. The maximum Gasteiger partial charge on any atom is 0.0463 e. The van der Waals surface area contributed by atoms with Gasteiger partial charge in [-0.2, -0.15) is 0 Å². The van der Waals surface area contributed by atoms with Crippen molar-refractivity contribution in [1.29, 1.82) is 0 Å². The number of benzene rings is 8. The molecule has 0 fully saturated rings. The summed E-state index contributed by atoms with van der Waals surface area (Å²) in [6.07, 6.45) is 9.00. The van der Waals surface area contributed by atoms with Gasteiger partial charge in [0.15, 0.2) is 0 Å². The molecule has 0 aliphatic heterocycles. The molecule has 0 amide bonds. The Morgan fingerprint density at radius 3 is 1.18 bits per heavy atom. The van der Waals surface area contributed by atoms with Gasteiger partial charge in [-0.3, -0.25) is 0 Å². The first-order valence-electron chi connectivity index (χ1n) is 22.5. The third-order valence-electron chi connectivity index (χ3n) is 12.4. The highest BCUT2D eigenvalue weighted by Crippen LogP contribution is 2.40. The van der Waals surface area contributed by atoms with Crippen molar-refractivity contribution in [3.05, 3.63) is 197 Å². The van der Waals surface area contributed by atoms with E-state index < -0.39 is 0 Å². The van der Waals surface area contributed by atoms with E-state index in [2.05, 4.69) is 207 Å². The summed E-state index contributed by atoms with van der Waals surface area (Å²) in [5.74, 6) is 0. The standard InChI is InChI=1S/C58H61N3/c1-7-9-11-44-18-27-49(28-19-44)60(48-25-13-41(3)14-26-48)52-33-35-53(36-34-52)61(50-29-20-45(21-30-50)12-10-8-2)51-31-22-46(23-32-51)16-17-47-24-38-55-54-37-15-42(4)39-56(54)43(5)58(59-6)57(55)40-47/h13-15,18-40,59H,7-12,16-17H2,1-6H3. The van der Waals surface area contributed by atoms with E-state index in [0.29, 0.717) is 0 Å². The quantitative estimate of drug-likeness (QED) is 0.0982. The zero-order valence-electron chi connectivity index (χ0n) is 37.1. The van der Waals surface area contributed by atoms with Crippen molar-refractivity contribution in [2.75, 3.05) is 22.2 Å². The van der Waals surface area contributed by atoms with Gasteiger partial charge in [0.2, 0.25) is 0 Å². The van der Waals surface area contributed by atoms with Crippen LogP contribution in [0.5, 0.6) is 0 Å². The number of fused-ring (bicyclic) bond motifs is 3. The molecular formula is C58H61N3. The van der Waals surface area contributed by atoms with Gasteiger partial charge in [-0.05, 0) is 182 Å². The summed E-state index contributed by atoms with van der Waals surface area (Å²) < 4.78 is 0. The molecule has 0 spiro atoms. The lowest BCUT2D eigenvalue weighted by atomic mass is 9.92. The lowest BCUT2D eigenvalue weighted by Crippen LogP contribution is -2.12. The van der Waals surface area contributed by atoms with Gasteiger partial charge in [0, 0.05) is 52.2 Å². The number of hydrogen-bond acceptors (Lipinski definition) is 3. The van der Waals surface area contributed by atoms with Crippen LogP contribution in [0.15, 0.2) is 158 Å². The molecule has 8 rings (SSSR count). The van der Waals surface area contributed by atoms with E-state index in [1.165, 1.54) is 91.9 Å². The Kier molecular flexibility index (Phi) is 12.9. The Balaban J connectivity index is 1.08. The highest BCUT2D eigenvalue weighted by atomic mass is 15.2. The van der Waals surface area contributed by atoms with Crippen LogP contribution in [0.1, 0.15) is 78.5 Å². The first kappa shape index (κ1) is 41.4. The van der Waals surface area contributed by atoms with Gasteiger partial charge in [0.1, 0.15) is 0 Å². The van der Waals surface area contributed by atoms with E-state index in [9.17, 15) is 0 Å². The fourth-order valence-electron chi connectivity index (χ4n) is 8.88. The minimum absolute atomic E-state index is 0.974. The third kappa shape index (κ3) is 9.22. The predicted molar refractivity (Wildman–Crippen MR) is 266 cm³/mol. The molecule has 0 aliphatic carbocycles. The van der Waals surface area contributed by atoms with Crippen LogP contribution in [-0.4, -0.2) is 7.05 Å². The topological polar surface area (TPSA) is 18.5 Å². The monoisotopic (exact) mass is 799 g/mol. The fraction of sp³-hybridized carbons (Fsp3) is 0.241. The van der Waals surface area contributed by atoms with Crippen molar-refractivity contribution in [2.24, 2.45) is 0 Å². The van der Waals surface area contributed by atoms with Gasteiger partial charge in [-0.15, -0.1) is 0 Å². The Bertz CT molecular complexity index is 2690. The number of nitrogens with zero attached hydrogens (tertiary/aromatic N) is 2. The maximum atomic E-state index is 3.53. The van der Waals surface area contributed by atoms with Gasteiger partial charge < -0.3 is 15.1 Å². The SMILES string of the molecule is CCCCc1ccc(N(c2ccc(C)cc2)c2ccc(N(c3ccc(CCCC)cc3)c3ccc(CCc4ccc5c(c4)c(NC)c(C)c4cc(C)ccc45)cc3)cc2)cc1. The molecule has 0 unspecified atom stereocenters. The Labute approximate surface area is 364 Å². The van der Waals surface area contributed by atoms with Crippen LogP contribution in [0.2, 0.25) is 0 Å². The zero-order valence-corrected chi connectivity index (χ0v) is 37.1. The minimum Gasteiger partial charge on any atom is -0.387 e. The smallest absolute Gasteiger partial charge is 0.0463 e. The summed E-state index contributed by atoms with van der Waals surface area (Å²) in [4.78, 5) is 4.76. The van der Waals surface area contributed by atoms with E-state index >= 15 is 0 Å². The number of hydrogen-bond donors (Lipinski definition) is 1. The number of aryl methyl sites for hydroxylation is 7. The van der Waals surface area contributed by atoms with Crippen molar-refractivity contribution in [3.8, 4) is 0 Å². The summed E-state index contributed by atoms with van der Waals surface area (Å²) in [6, 6.07) is 59.4. The van der Waals surface area contributed by atoms with Crippen LogP contribution < -0.4 is 15.1 Å². The summed E-state index contributed by atoms with van der Waals surface area (Å²) in [5, 5.41) is 8.79. The van der Waals surface area contributed by atoms with Crippen LogP contribution in [-0.2, 0) is 25.7 Å². The number of rotatable bonds is 16. The molecule has 3 nitrogen and oxygen atoms in total. The third-order valence-corrected chi connectivity index (χ3v) is 12.4. The first-order valence-corrected chi connectivity index (χ1v) is 22.5. The van der Waals surface area contributed by atoms with Crippen molar-refractivity contribution < 1.29 is 0 Å². The largest absolute Gasteiger partial charge is 0.387 e. The average molecular weight is 800 g/mol. The molecule has 8 aromatic rings. The summed E-state index contributed by atoms with van der Waals surface area (Å²) >= 11 is 0. The van der Waals surface area contributed by atoms with Crippen molar-refractivity contribution >= 4 is 61.4 Å². The molecule has 0 atom stereocenters. The molecule has 0 saturated carbocycles. The summed E-state index contributed by atoms with van der Waals surface area (Å²) in [7, 11) is 2.05. The van der Waals surface area contributed by atoms with Crippen LogP contribution in [0.3, 0.4) is 0 Å². The van der Waals surface area contributed by atoms with E-state index in [-0.39, 0.29) is 0 Å². The summed E-state index contributed by atoms with van der Waals surface area (Å²) in [6.45, 7) is 11.1. The predicted octanol–water partition coefficient (Wildman–Crippen LogP) is 16.4. The Morgan fingerprint density at radius 1 is 0.361 bits per heavy atom. The average Bonchev–Trinajstić information content (AvgIpc) is 3.29. The van der Waals surface area contributed by atoms with Crippen molar-refractivity contribution in [3.63, 3.8) is 0 Å². The molecule has 61 heavy (non-hydrogen) atoms. The number of anilines is 7. The maximum absolute atomic E-state index is 3.53. The molecule has 0 heterocycles. The van der Waals surface area contributed by atoms with Gasteiger partial charge in [0.25, 0.3) is 0 Å². The number of nitrogens with one attached hydrogen (secondary N) is 1. The van der Waals surface area contributed by atoms with Gasteiger partial charge in [-0.25, -0.2) is 0 Å². The highest BCUT2D eigenvalue weighted by molar-refractivity contribution is 6.15. The molecule has 0 radical (unpaired) electrons. The van der Waals surface area contributed by atoms with Crippen molar-refractivity contribution in [2.45, 2.75) is 86.0 Å². The van der Waals surface area contributed by atoms with Crippen LogP contribution >= 0.6 is 0 Å². The van der Waals surface area contributed by atoms with E-state index in [0.717, 1.165) is 59.8 Å². The van der Waals surface area contributed by atoms with Gasteiger partial charge >= 0.3 is 0 Å².